The fraction of sp³-hybridized carbons (Fsp3) is 0.562. The molecule has 5 heteroatoms. The summed E-state index contributed by atoms with van der Waals surface area (Å²) < 4.78 is 5.30. The molecule has 1 aromatic rings. The highest BCUT2D eigenvalue weighted by Crippen LogP contribution is 2.31. The van der Waals surface area contributed by atoms with E-state index in [-0.39, 0.29) is 18.3 Å². The van der Waals surface area contributed by atoms with Gasteiger partial charge in [-0.05, 0) is 63.0 Å². The van der Waals surface area contributed by atoms with E-state index >= 15 is 0 Å². The van der Waals surface area contributed by atoms with Gasteiger partial charge >= 0.3 is 0 Å². The van der Waals surface area contributed by atoms with Crippen molar-refractivity contribution in [2.24, 2.45) is 5.41 Å². The average Bonchev–Trinajstić information content (AvgIpc) is 2.44. The van der Waals surface area contributed by atoms with Gasteiger partial charge in [0.05, 0.1) is 12.0 Å². The monoisotopic (exact) mass is 312 g/mol. The number of halogens is 1. The Balaban J connectivity index is 0.00000220. The molecule has 1 amide bonds. The SMILES string of the molecule is COCC1(C(=O)Nc2ccc(C)c(C)c2)CCNCC1.Cl. The van der Waals surface area contributed by atoms with Gasteiger partial charge in [0, 0.05) is 12.8 Å². The number of aryl methyl sites for hydroxylation is 2. The third kappa shape index (κ3) is 4.19. The first-order valence-corrected chi connectivity index (χ1v) is 7.16. The molecule has 21 heavy (non-hydrogen) atoms. The van der Waals surface area contributed by atoms with Gasteiger partial charge in [0.25, 0.3) is 0 Å². The third-order valence-corrected chi connectivity index (χ3v) is 4.23. The average molecular weight is 313 g/mol. The zero-order chi connectivity index (χ0) is 14.6. The van der Waals surface area contributed by atoms with Gasteiger partial charge in [-0.15, -0.1) is 12.4 Å². The standard InChI is InChI=1S/C16H24N2O2.ClH/c1-12-4-5-14(10-13(12)2)18-15(19)16(11-20-3)6-8-17-9-7-16;/h4-5,10,17H,6-9,11H2,1-3H3,(H,18,19);1H. The van der Waals surface area contributed by atoms with Crippen molar-refractivity contribution in [3.8, 4) is 0 Å². The molecule has 1 fully saturated rings. The second-order valence-electron chi connectivity index (χ2n) is 5.72. The Hall–Kier alpha value is -1.10. The lowest BCUT2D eigenvalue weighted by atomic mass is 9.78. The molecule has 1 saturated heterocycles. The molecule has 0 atom stereocenters. The number of methoxy groups -OCH3 is 1. The van der Waals surface area contributed by atoms with Crippen LogP contribution >= 0.6 is 12.4 Å². The fourth-order valence-corrected chi connectivity index (χ4v) is 2.70. The van der Waals surface area contributed by atoms with Gasteiger partial charge in [0.15, 0.2) is 0 Å². The maximum Gasteiger partial charge on any atom is 0.233 e. The molecule has 0 aliphatic carbocycles. The summed E-state index contributed by atoms with van der Waals surface area (Å²) in [6.45, 7) is 6.33. The Morgan fingerprint density at radius 1 is 1.29 bits per heavy atom. The minimum atomic E-state index is -0.404. The van der Waals surface area contributed by atoms with Crippen LogP contribution in [0.4, 0.5) is 5.69 Å². The summed E-state index contributed by atoms with van der Waals surface area (Å²) in [7, 11) is 1.66. The van der Waals surface area contributed by atoms with Gasteiger partial charge < -0.3 is 15.4 Å². The lowest BCUT2D eigenvalue weighted by Crippen LogP contribution is -2.47. The van der Waals surface area contributed by atoms with Crippen molar-refractivity contribution < 1.29 is 9.53 Å². The second kappa shape index (κ2) is 7.78. The van der Waals surface area contributed by atoms with E-state index in [0.717, 1.165) is 31.6 Å². The molecule has 0 radical (unpaired) electrons. The highest BCUT2D eigenvalue weighted by Gasteiger charge is 2.39. The molecule has 0 spiro atoms. The highest BCUT2D eigenvalue weighted by atomic mass is 35.5. The Morgan fingerprint density at radius 2 is 1.95 bits per heavy atom. The molecular formula is C16H25ClN2O2. The van der Waals surface area contributed by atoms with Crippen LogP contribution in [0.1, 0.15) is 24.0 Å². The van der Waals surface area contributed by atoms with Crippen LogP contribution < -0.4 is 10.6 Å². The van der Waals surface area contributed by atoms with E-state index in [1.54, 1.807) is 7.11 Å². The molecule has 0 saturated carbocycles. The first-order valence-electron chi connectivity index (χ1n) is 7.16. The number of carbonyl (C=O) groups is 1. The van der Waals surface area contributed by atoms with E-state index in [1.807, 2.05) is 18.2 Å². The number of carbonyl (C=O) groups excluding carboxylic acids is 1. The van der Waals surface area contributed by atoms with Crippen LogP contribution in [0.2, 0.25) is 0 Å². The van der Waals surface area contributed by atoms with Crippen molar-refractivity contribution in [1.82, 2.24) is 5.32 Å². The number of hydrogen-bond acceptors (Lipinski definition) is 3. The van der Waals surface area contributed by atoms with Gasteiger partial charge in [-0.25, -0.2) is 0 Å². The Labute approximate surface area is 133 Å². The minimum absolute atomic E-state index is 0. The quantitative estimate of drug-likeness (QED) is 0.898. The zero-order valence-corrected chi connectivity index (χ0v) is 13.8. The van der Waals surface area contributed by atoms with E-state index in [1.165, 1.54) is 11.1 Å². The Morgan fingerprint density at radius 3 is 2.52 bits per heavy atom. The van der Waals surface area contributed by atoms with Crippen LogP contribution in [0, 0.1) is 19.3 Å². The molecule has 4 nitrogen and oxygen atoms in total. The molecule has 1 aliphatic heterocycles. The van der Waals surface area contributed by atoms with Crippen molar-refractivity contribution in [3.05, 3.63) is 29.3 Å². The lowest BCUT2D eigenvalue weighted by Gasteiger charge is -2.35. The number of amides is 1. The van der Waals surface area contributed by atoms with E-state index in [4.69, 9.17) is 4.74 Å². The van der Waals surface area contributed by atoms with Crippen molar-refractivity contribution in [2.45, 2.75) is 26.7 Å². The van der Waals surface area contributed by atoms with Crippen molar-refractivity contribution in [3.63, 3.8) is 0 Å². The van der Waals surface area contributed by atoms with Crippen LogP contribution in [0.25, 0.3) is 0 Å². The number of benzene rings is 1. The molecular weight excluding hydrogens is 288 g/mol. The van der Waals surface area contributed by atoms with Gasteiger partial charge in [0.2, 0.25) is 5.91 Å². The third-order valence-electron chi connectivity index (χ3n) is 4.23. The maximum atomic E-state index is 12.7. The van der Waals surface area contributed by atoms with Crippen LogP contribution in [0.5, 0.6) is 0 Å². The van der Waals surface area contributed by atoms with Crippen LogP contribution in [0.3, 0.4) is 0 Å². The summed E-state index contributed by atoms with van der Waals surface area (Å²) >= 11 is 0. The van der Waals surface area contributed by atoms with Crippen LogP contribution in [-0.2, 0) is 9.53 Å². The van der Waals surface area contributed by atoms with Crippen molar-refractivity contribution in [1.29, 1.82) is 0 Å². The maximum absolute atomic E-state index is 12.7. The van der Waals surface area contributed by atoms with E-state index in [2.05, 4.69) is 24.5 Å². The first-order chi connectivity index (χ1) is 9.57. The minimum Gasteiger partial charge on any atom is -0.384 e. The number of rotatable bonds is 4. The van der Waals surface area contributed by atoms with Crippen molar-refractivity contribution in [2.75, 3.05) is 32.1 Å². The number of nitrogens with one attached hydrogen (secondary N) is 2. The molecule has 2 N–H and O–H groups in total. The first kappa shape index (κ1) is 18.0. The number of piperidine rings is 1. The summed E-state index contributed by atoms with van der Waals surface area (Å²) in [5.41, 5.74) is 2.89. The molecule has 0 aromatic heterocycles. The molecule has 0 unspecified atom stereocenters. The largest absolute Gasteiger partial charge is 0.384 e. The molecule has 0 bridgehead atoms. The predicted molar refractivity (Wildman–Crippen MR) is 88.2 cm³/mol. The number of hydrogen-bond donors (Lipinski definition) is 2. The van der Waals surface area contributed by atoms with Gasteiger partial charge in [-0.1, -0.05) is 6.07 Å². The summed E-state index contributed by atoms with van der Waals surface area (Å²) in [5, 5.41) is 6.36. The lowest BCUT2D eigenvalue weighted by molar-refractivity contribution is -0.130. The van der Waals surface area contributed by atoms with Crippen LogP contribution in [0.15, 0.2) is 18.2 Å². The summed E-state index contributed by atoms with van der Waals surface area (Å²) in [4.78, 5) is 12.7. The fourth-order valence-electron chi connectivity index (χ4n) is 2.70. The Kier molecular flexibility index (Phi) is 6.65. The van der Waals surface area contributed by atoms with Crippen molar-refractivity contribution >= 4 is 24.0 Å². The second-order valence-corrected chi connectivity index (χ2v) is 5.72. The number of anilines is 1. The molecule has 2 rings (SSSR count). The normalized spacial score (nSPS) is 16.9. The van der Waals surface area contributed by atoms with E-state index in [0.29, 0.717) is 6.61 Å². The highest BCUT2D eigenvalue weighted by molar-refractivity contribution is 5.95. The Bertz CT molecular complexity index is 480. The summed E-state index contributed by atoms with van der Waals surface area (Å²) in [5.74, 6) is 0.0732. The summed E-state index contributed by atoms with van der Waals surface area (Å²) in [6, 6.07) is 6.02. The van der Waals surface area contributed by atoms with Crippen LogP contribution in [-0.4, -0.2) is 32.7 Å². The van der Waals surface area contributed by atoms with E-state index < -0.39 is 5.41 Å². The number of ether oxygens (including phenoxy) is 1. The smallest absolute Gasteiger partial charge is 0.233 e. The van der Waals surface area contributed by atoms with E-state index in [9.17, 15) is 4.79 Å². The summed E-state index contributed by atoms with van der Waals surface area (Å²) in [6.07, 6.45) is 1.63. The molecule has 1 heterocycles. The topological polar surface area (TPSA) is 50.4 Å². The molecule has 118 valence electrons. The molecule has 1 aromatic carbocycles. The van der Waals surface area contributed by atoms with Gasteiger partial charge in [-0.3, -0.25) is 4.79 Å². The van der Waals surface area contributed by atoms with Gasteiger partial charge in [0.1, 0.15) is 0 Å². The van der Waals surface area contributed by atoms with Gasteiger partial charge in [-0.2, -0.15) is 0 Å². The predicted octanol–water partition coefficient (Wildman–Crippen LogP) is 2.68. The molecule has 1 aliphatic rings. The zero-order valence-electron chi connectivity index (χ0n) is 13.0.